The standard InChI is InChI=1S/C22H20N2O6S/c1-26-17-9-5-4-8-16(17)20-23-24-22(30-20)31-13-7-6-12-29-21(25)15-10-11-18(27-2)19(14-15)28-3/h4-5,8-11,14H,12-13H2,1-3H3. The maximum absolute atomic E-state index is 12.1. The largest absolute Gasteiger partial charge is 0.496 e. The Morgan fingerprint density at radius 2 is 1.74 bits per heavy atom. The molecule has 0 aliphatic heterocycles. The van der Waals surface area contributed by atoms with Gasteiger partial charge in [0, 0.05) is 0 Å². The predicted octanol–water partition coefficient (Wildman–Crippen LogP) is 3.71. The summed E-state index contributed by atoms with van der Waals surface area (Å²) in [6.45, 7) is -0.0377. The Labute approximate surface area is 183 Å². The fraction of sp³-hybridized carbons (Fsp3) is 0.227. The van der Waals surface area contributed by atoms with Crippen molar-refractivity contribution >= 4 is 17.7 Å². The van der Waals surface area contributed by atoms with Crippen molar-refractivity contribution in [3.8, 4) is 40.5 Å². The van der Waals surface area contributed by atoms with Gasteiger partial charge >= 0.3 is 5.97 Å². The Morgan fingerprint density at radius 1 is 0.968 bits per heavy atom. The van der Waals surface area contributed by atoms with Crippen molar-refractivity contribution in [1.82, 2.24) is 10.2 Å². The van der Waals surface area contributed by atoms with Crippen LogP contribution in [0.1, 0.15) is 10.4 Å². The van der Waals surface area contributed by atoms with E-state index in [-0.39, 0.29) is 6.61 Å². The number of carbonyl (C=O) groups excluding carboxylic acids is 1. The lowest BCUT2D eigenvalue weighted by molar-refractivity contribution is 0.0556. The molecule has 0 radical (unpaired) electrons. The molecule has 3 aromatic rings. The maximum atomic E-state index is 12.1. The number of hydrogen-bond donors (Lipinski definition) is 0. The molecule has 0 atom stereocenters. The number of thioether (sulfide) groups is 1. The van der Waals surface area contributed by atoms with Crippen LogP contribution in [0.15, 0.2) is 52.1 Å². The van der Waals surface area contributed by atoms with E-state index in [0.717, 1.165) is 5.56 Å². The van der Waals surface area contributed by atoms with Crippen LogP contribution in [0, 0.1) is 11.8 Å². The van der Waals surface area contributed by atoms with Crippen LogP contribution in [0.5, 0.6) is 17.2 Å². The van der Waals surface area contributed by atoms with Gasteiger partial charge in [0.1, 0.15) is 5.75 Å². The zero-order valence-corrected chi connectivity index (χ0v) is 18.0. The van der Waals surface area contributed by atoms with Gasteiger partial charge < -0.3 is 23.4 Å². The lowest BCUT2D eigenvalue weighted by atomic mass is 10.2. The molecule has 0 bridgehead atoms. The molecule has 0 spiro atoms. The number of esters is 1. The normalized spacial score (nSPS) is 10.0. The zero-order valence-electron chi connectivity index (χ0n) is 17.2. The minimum atomic E-state index is -0.499. The number of nitrogens with zero attached hydrogens (tertiary/aromatic N) is 2. The van der Waals surface area contributed by atoms with E-state index in [0.29, 0.717) is 39.7 Å². The number of methoxy groups -OCH3 is 3. The van der Waals surface area contributed by atoms with Gasteiger partial charge in [-0.05, 0) is 30.3 Å². The molecule has 0 N–H and O–H groups in total. The summed E-state index contributed by atoms with van der Waals surface area (Å²) < 4.78 is 26.4. The molecular weight excluding hydrogens is 420 g/mol. The molecule has 160 valence electrons. The van der Waals surface area contributed by atoms with Crippen LogP contribution < -0.4 is 14.2 Å². The second kappa shape index (κ2) is 10.9. The first-order chi connectivity index (χ1) is 15.2. The molecule has 8 nitrogen and oxygen atoms in total. The first kappa shape index (κ1) is 22.1. The first-order valence-corrected chi connectivity index (χ1v) is 10.1. The molecule has 3 rings (SSSR count). The van der Waals surface area contributed by atoms with E-state index in [1.807, 2.05) is 24.3 Å². The fourth-order valence-electron chi connectivity index (χ4n) is 2.55. The molecule has 0 aliphatic rings. The van der Waals surface area contributed by atoms with Gasteiger partial charge in [-0.2, -0.15) is 0 Å². The summed E-state index contributed by atoms with van der Waals surface area (Å²) in [5.41, 5.74) is 1.07. The molecule has 0 amide bonds. The third-order valence-corrected chi connectivity index (χ3v) is 4.73. The molecule has 9 heteroatoms. The summed E-state index contributed by atoms with van der Waals surface area (Å²) in [7, 11) is 4.61. The molecule has 0 saturated carbocycles. The van der Waals surface area contributed by atoms with Crippen LogP contribution >= 0.6 is 11.8 Å². The zero-order chi connectivity index (χ0) is 22.1. The molecule has 2 aromatic carbocycles. The van der Waals surface area contributed by atoms with Crippen molar-refractivity contribution in [2.45, 2.75) is 5.22 Å². The molecule has 31 heavy (non-hydrogen) atoms. The SMILES string of the molecule is COc1ccc(C(=O)OCC#CCSc2nnc(-c3ccccc3OC)o2)cc1OC. The van der Waals surface area contributed by atoms with Gasteiger partial charge in [0.15, 0.2) is 18.1 Å². The average molecular weight is 440 g/mol. The molecule has 0 unspecified atom stereocenters. The quantitative estimate of drug-likeness (QED) is 0.295. The highest BCUT2D eigenvalue weighted by Crippen LogP contribution is 2.30. The minimum Gasteiger partial charge on any atom is -0.496 e. The maximum Gasteiger partial charge on any atom is 0.339 e. The van der Waals surface area contributed by atoms with E-state index in [1.165, 1.54) is 26.0 Å². The summed E-state index contributed by atoms with van der Waals surface area (Å²) >= 11 is 1.29. The number of hydrogen-bond acceptors (Lipinski definition) is 9. The molecule has 0 aliphatic carbocycles. The predicted molar refractivity (Wildman–Crippen MR) is 115 cm³/mol. The van der Waals surface area contributed by atoms with Crippen LogP contribution in [0.2, 0.25) is 0 Å². The van der Waals surface area contributed by atoms with E-state index in [1.54, 1.807) is 25.3 Å². The third kappa shape index (κ3) is 5.71. The summed E-state index contributed by atoms with van der Waals surface area (Å²) in [6, 6.07) is 12.2. The highest BCUT2D eigenvalue weighted by atomic mass is 32.2. The number of para-hydroxylation sites is 1. The smallest absolute Gasteiger partial charge is 0.339 e. The summed E-state index contributed by atoms with van der Waals surface area (Å²) in [5, 5.41) is 8.43. The number of ether oxygens (including phenoxy) is 4. The summed E-state index contributed by atoms with van der Waals surface area (Å²) in [6.07, 6.45) is 0. The second-order valence-electron chi connectivity index (χ2n) is 5.86. The molecule has 1 aromatic heterocycles. The summed E-state index contributed by atoms with van der Waals surface area (Å²) in [5.74, 6) is 7.59. The van der Waals surface area contributed by atoms with Crippen molar-refractivity contribution < 1.29 is 28.2 Å². The minimum absolute atomic E-state index is 0.0377. The van der Waals surface area contributed by atoms with Crippen molar-refractivity contribution in [1.29, 1.82) is 0 Å². The Bertz CT molecular complexity index is 1100. The van der Waals surface area contributed by atoms with Gasteiger partial charge in [0.05, 0.1) is 38.2 Å². The van der Waals surface area contributed by atoms with Gasteiger partial charge in [-0.1, -0.05) is 35.7 Å². The summed E-state index contributed by atoms with van der Waals surface area (Å²) in [4.78, 5) is 12.1. The molecule has 0 saturated heterocycles. The average Bonchev–Trinajstić information content (AvgIpc) is 3.29. The molecule has 0 fully saturated rings. The van der Waals surface area contributed by atoms with Crippen LogP contribution in [0.4, 0.5) is 0 Å². The van der Waals surface area contributed by atoms with E-state index in [9.17, 15) is 4.79 Å². The number of aromatic nitrogens is 2. The van der Waals surface area contributed by atoms with Crippen molar-refractivity contribution in [3.05, 3.63) is 48.0 Å². The van der Waals surface area contributed by atoms with Crippen LogP contribution in [0.3, 0.4) is 0 Å². The van der Waals surface area contributed by atoms with Crippen molar-refractivity contribution in [2.75, 3.05) is 33.7 Å². The Balaban J connectivity index is 1.48. The van der Waals surface area contributed by atoms with Crippen molar-refractivity contribution in [3.63, 3.8) is 0 Å². The van der Waals surface area contributed by atoms with Gasteiger partial charge in [0.2, 0.25) is 0 Å². The highest BCUT2D eigenvalue weighted by Gasteiger charge is 2.13. The van der Waals surface area contributed by atoms with E-state index in [4.69, 9.17) is 23.4 Å². The van der Waals surface area contributed by atoms with Crippen LogP contribution in [-0.4, -0.2) is 49.9 Å². The topological polar surface area (TPSA) is 92.9 Å². The van der Waals surface area contributed by atoms with E-state index >= 15 is 0 Å². The van der Waals surface area contributed by atoms with Crippen LogP contribution in [-0.2, 0) is 4.74 Å². The van der Waals surface area contributed by atoms with Gasteiger partial charge in [-0.15, -0.1) is 10.2 Å². The molecule has 1 heterocycles. The number of benzene rings is 2. The monoisotopic (exact) mass is 440 g/mol. The Kier molecular flexibility index (Phi) is 7.79. The Hall–Kier alpha value is -3.64. The van der Waals surface area contributed by atoms with Crippen molar-refractivity contribution in [2.24, 2.45) is 0 Å². The van der Waals surface area contributed by atoms with Gasteiger partial charge in [0.25, 0.3) is 11.1 Å². The van der Waals surface area contributed by atoms with Gasteiger partial charge in [-0.3, -0.25) is 0 Å². The highest BCUT2D eigenvalue weighted by molar-refractivity contribution is 7.99. The number of rotatable bonds is 8. The lowest BCUT2D eigenvalue weighted by Gasteiger charge is -2.08. The van der Waals surface area contributed by atoms with E-state index < -0.39 is 5.97 Å². The number of carbonyl (C=O) groups is 1. The fourth-order valence-corrected chi connectivity index (χ4v) is 3.08. The third-order valence-electron chi connectivity index (χ3n) is 4.03. The van der Waals surface area contributed by atoms with Crippen LogP contribution in [0.25, 0.3) is 11.5 Å². The van der Waals surface area contributed by atoms with E-state index in [2.05, 4.69) is 22.0 Å². The molecular formula is C22H20N2O6S. The Morgan fingerprint density at radius 3 is 2.52 bits per heavy atom. The van der Waals surface area contributed by atoms with Gasteiger partial charge in [-0.25, -0.2) is 4.79 Å². The second-order valence-corrected chi connectivity index (χ2v) is 6.79. The lowest BCUT2D eigenvalue weighted by Crippen LogP contribution is -2.06. The first-order valence-electron chi connectivity index (χ1n) is 9.10.